The van der Waals surface area contributed by atoms with E-state index in [1.54, 1.807) is 0 Å². The molecule has 0 aliphatic carbocycles. The molecule has 0 aromatic heterocycles. The van der Waals surface area contributed by atoms with E-state index in [1.807, 2.05) is 0 Å². The minimum Gasteiger partial charge on any atom is -0.309 e. The van der Waals surface area contributed by atoms with E-state index in [9.17, 15) is 0 Å². The molecule has 2 rings (SSSR count). The summed E-state index contributed by atoms with van der Waals surface area (Å²) in [5.74, 6) is 0.574. The Morgan fingerprint density at radius 1 is 0.889 bits per heavy atom. The molecule has 0 radical (unpaired) electrons. The summed E-state index contributed by atoms with van der Waals surface area (Å²) in [6.45, 7) is 1.76. The molecule has 0 saturated heterocycles. The number of alkyl halides is 1. The lowest BCUT2D eigenvalue weighted by atomic mass is 10.1. The monoisotopic (exact) mass is 371 g/mol. The van der Waals surface area contributed by atoms with Gasteiger partial charge in [-0.25, -0.2) is 0 Å². The van der Waals surface area contributed by atoms with Gasteiger partial charge in [-0.2, -0.15) is 0 Å². The number of rotatable bonds is 5. The fourth-order valence-electron chi connectivity index (χ4n) is 1.78. The van der Waals surface area contributed by atoms with Gasteiger partial charge in [0.25, 0.3) is 0 Å². The molecule has 1 N–H and O–H groups in total. The van der Waals surface area contributed by atoms with E-state index in [4.69, 9.17) is 11.6 Å². The number of nitrogens with one attached hydrogen (secondary N) is 1. The third-order valence-electron chi connectivity index (χ3n) is 2.72. The normalized spacial score (nSPS) is 10.6. The van der Waals surface area contributed by atoms with Crippen LogP contribution in [-0.2, 0) is 19.0 Å². The van der Waals surface area contributed by atoms with Crippen LogP contribution in [-0.4, -0.2) is 0 Å². The minimum atomic E-state index is 0.574. The van der Waals surface area contributed by atoms with Crippen molar-refractivity contribution >= 4 is 34.2 Å². The van der Waals surface area contributed by atoms with E-state index in [2.05, 4.69) is 76.4 Å². The van der Waals surface area contributed by atoms with Crippen LogP contribution in [0.25, 0.3) is 0 Å². The highest BCUT2D eigenvalue weighted by Gasteiger charge is 1.96. The van der Waals surface area contributed by atoms with Crippen molar-refractivity contribution in [3.05, 3.63) is 68.8 Å². The molecule has 2 aromatic carbocycles. The zero-order chi connectivity index (χ0) is 12.8. The summed E-state index contributed by atoms with van der Waals surface area (Å²) in [5, 5.41) is 3.44. The Morgan fingerprint density at radius 3 is 2.28 bits per heavy atom. The van der Waals surface area contributed by atoms with Gasteiger partial charge in [-0.05, 0) is 51.4 Å². The average Bonchev–Trinajstić information content (AvgIpc) is 2.41. The highest BCUT2D eigenvalue weighted by atomic mass is 127. The average molecular weight is 372 g/mol. The Labute approximate surface area is 127 Å². The molecule has 0 aliphatic rings. The topological polar surface area (TPSA) is 12.0 Å². The van der Waals surface area contributed by atoms with Crippen molar-refractivity contribution in [1.82, 2.24) is 5.32 Å². The molecule has 0 unspecified atom stereocenters. The van der Waals surface area contributed by atoms with Crippen LogP contribution < -0.4 is 5.32 Å². The molecule has 18 heavy (non-hydrogen) atoms. The van der Waals surface area contributed by atoms with Crippen LogP contribution in [0.5, 0.6) is 0 Å². The lowest BCUT2D eigenvalue weighted by molar-refractivity contribution is 0.693. The lowest BCUT2D eigenvalue weighted by Gasteiger charge is -2.06. The SMILES string of the molecule is ClCc1cccc(CNCc2ccc(I)cc2)c1. The molecule has 0 spiro atoms. The highest BCUT2D eigenvalue weighted by molar-refractivity contribution is 14.1. The van der Waals surface area contributed by atoms with Crippen molar-refractivity contribution in [2.24, 2.45) is 0 Å². The van der Waals surface area contributed by atoms with Gasteiger partial charge in [0.05, 0.1) is 0 Å². The Bertz CT molecular complexity index is 496. The predicted molar refractivity (Wildman–Crippen MR) is 85.7 cm³/mol. The zero-order valence-corrected chi connectivity index (χ0v) is 12.9. The number of halogens is 2. The van der Waals surface area contributed by atoms with E-state index in [0.29, 0.717) is 5.88 Å². The molecule has 0 amide bonds. The molecule has 0 fully saturated rings. The van der Waals surface area contributed by atoms with E-state index in [-0.39, 0.29) is 0 Å². The van der Waals surface area contributed by atoms with Gasteiger partial charge in [0.1, 0.15) is 0 Å². The standard InChI is InChI=1S/C15H15ClIN/c16-9-13-2-1-3-14(8-13)11-18-10-12-4-6-15(17)7-5-12/h1-8,18H,9-11H2. The van der Waals surface area contributed by atoms with Gasteiger partial charge in [-0.3, -0.25) is 0 Å². The zero-order valence-electron chi connectivity index (χ0n) is 10.00. The summed E-state index contributed by atoms with van der Waals surface area (Å²) in [6.07, 6.45) is 0. The second kappa shape index (κ2) is 7.12. The molecular weight excluding hydrogens is 357 g/mol. The molecule has 1 nitrogen and oxygen atoms in total. The van der Waals surface area contributed by atoms with E-state index in [1.165, 1.54) is 20.3 Å². The number of hydrogen-bond donors (Lipinski definition) is 1. The summed E-state index contributed by atoms with van der Waals surface area (Å²) >= 11 is 8.14. The second-order valence-corrected chi connectivity index (χ2v) is 5.70. The van der Waals surface area contributed by atoms with Crippen molar-refractivity contribution < 1.29 is 0 Å². The molecule has 0 saturated carbocycles. The van der Waals surface area contributed by atoms with Crippen LogP contribution >= 0.6 is 34.2 Å². The molecule has 2 aromatic rings. The molecule has 0 heterocycles. The summed E-state index contributed by atoms with van der Waals surface area (Å²) < 4.78 is 1.27. The number of hydrogen-bond acceptors (Lipinski definition) is 1. The summed E-state index contributed by atoms with van der Waals surface area (Å²) in [6, 6.07) is 16.9. The van der Waals surface area contributed by atoms with Gasteiger partial charge in [-0.1, -0.05) is 36.4 Å². The van der Waals surface area contributed by atoms with Crippen molar-refractivity contribution in [1.29, 1.82) is 0 Å². The van der Waals surface area contributed by atoms with Gasteiger partial charge in [0, 0.05) is 22.5 Å². The first-order valence-corrected chi connectivity index (χ1v) is 7.48. The maximum atomic E-state index is 5.82. The van der Waals surface area contributed by atoms with Crippen LogP contribution in [0.4, 0.5) is 0 Å². The molecular formula is C15H15ClIN. The molecule has 0 aliphatic heterocycles. The highest BCUT2D eigenvalue weighted by Crippen LogP contribution is 2.09. The Kier molecular flexibility index (Phi) is 5.47. The summed E-state index contributed by atoms with van der Waals surface area (Å²) in [7, 11) is 0. The van der Waals surface area contributed by atoms with Gasteiger partial charge in [-0.15, -0.1) is 11.6 Å². The smallest absolute Gasteiger partial charge is 0.0474 e. The van der Waals surface area contributed by atoms with Crippen LogP contribution in [0.15, 0.2) is 48.5 Å². The largest absolute Gasteiger partial charge is 0.309 e. The van der Waals surface area contributed by atoms with Crippen LogP contribution in [0.3, 0.4) is 0 Å². The first-order chi connectivity index (χ1) is 8.78. The minimum absolute atomic E-state index is 0.574. The van der Waals surface area contributed by atoms with Gasteiger partial charge in [0.2, 0.25) is 0 Å². The third-order valence-corrected chi connectivity index (χ3v) is 3.74. The molecule has 0 bridgehead atoms. The third kappa shape index (κ3) is 4.26. The van der Waals surface area contributed by atoms with Gasteiger partial charge >= 0.3 is 0 Å². The van der Waals surface area contributed by atoms with E-state index in [0.717, 1.165) is 13.1 Å². The lowest BCUT2D eigenvalue weighted by Crippen LogP contribution is -2.12. The van der Waals surface area contributed by atoms with Gasteiger partial charge in [0.15, 0.2) is 0 Å². The van der Waals surface area contributed by atoms with Crippen LogP contribution in [0, 0.1) is 3.57 Å². The second-order valence-electron chi connectivity index (χ2n) is 4.18. The van der Waals surface area contributed by atoms with Crippen molar-refractivity contribution in [2.45, 2.75) is 19.0 Å². The Morgan fingerprint density at radius 2 is 1.56 bits per heavy atom. The molecule has 3 heteroatoms. The van der Waals surface area contributed by atoms with Crippen LogP contribution in [0.1, 0.15) is 16.7 Å². The predicted octanol–water partition coefficient (Wildman–Crippen LogP) is 4.32. The maximum Gasteiger partial charge on any atom is 0.0474 e. The Hall–Kier alpha value is -0.580. The quantitative estimate of drug-likeness (QED) is 0.610. The molecule has 0 atom stereocenters. The fourth-order valence-corrected chi connectivity index (χ4v) is 2.30. The van der Waals surface area contributed by atoms with E-state index >= 15 is 0 Å². The number of benzene rings is 2. The van der Waals surface area contributed by atoms with Gasteiger partial charge < -0.3 is 5.32 Å². The van der Waals surface area contributed by atoms with Crippen LogP contribution in [0.2, 0.25) is 0 Å². The molecule has 94 valence electrons. The Balaban J connectivity index is 1.86. The first kappa shape index (κ1) is 13.8. The summed E-state index contributed by atoms with van der Waals surface area (Å²) in [4.78, 5) is 0. The van der Waals surface area contributed by atoms with Crippen molar-refractivity contribution in [3.63, 3.8) is 0 Å². The van der Waals surface area contributed by atoms with E-state index < -0.39 is 0 Å². The maximum absolute atomic E-state index is 5.82. The van der Waals surface area contributed by atoms with Crippen molar-refractivity contribution in [2.75, 3.05) is 0 Å². The first-order valence-electron chi connectivity index (χ1n) is 5.87. The summed E-state index contributed by atoms with van der Waals surface area (Å²) in [5.41, 5.74) is 3.76. The van der Waals surface area contributed by atoms with Crippen molar-refractivity contribution in [3.8, 4) is 0 Å². The fraction of sp³-hybridized carbons (Fsp3) is 0.200.